The van der Waals surface area contributed by atoms with Crippen LogP contribution in [0.5, 0.6) is 0 Å². The number of nitrogens with two attached hydrogens (primary N) is 1. The summed E-state index contributed by atoms with van der Waals surface area (Å²) in [6, 6.07) is 3.75. The summed E-state index contributed by atoms with van der Waals surface area (Å²) in [5, 5.41) is 10.8. The van der Waals surface area contributed by atoms with Crippen molar-refractivity contribution < 1.29 is 0 Å². The summed E-state index contributed by atoms with van der Waals surface area (Å²) in [4.78, 5) is 4.13. The van der Waals surface area contributed by atoms with E-state index in [1.807, 2.05) is 17.5 Å². The van der Waals surface area contributed by atoms with E-state index >= 15 is 0 Å². The van der Waals surface area contributed by atoms with Crippen molar-refractivity contribution in [1.82, 2.24) is 15.2 Å². The summed E-state index contributed by atoms with van der Waals surface area (Å²) in [5.41, 5.74) is 6.99. The van der Waals surface area contributed by atoms with Gasteiger partial charge in [-0.2, -0.15) is 5.10 Å². The summed E-state index contributed by atoms with van der Waals surface area (Å²) in [5.74, 6) is 0. The fourth-order valence-corrected chi connectivity index (χ4v) is 1.53. The minimum atomic E-state index is 0.422. The molecule has 2 aromatic rings. The molecule has 0 bridgehead atoms. The summed E-state index contributed by atoms with van der Waals surface area (Å²) in [6.07, 6.45) is 1.75. The van der Waals surface area contributed by atoms with Gasteiger partial charge in [-0.15, -0.1) is 16.4 Å². The Morgan fingerprint density at radius 1 is 1.31 bits per heavy atom. The maximum Gasteiger partial charge on any atom is 0.143 e. The third-order valence-corrected chi connectivity index (χ3v) is 2.38. The molecule has 2 aromatic heterocycles. The Balaban J connectivity index is 2.33. The first-order chi connectivity index (χ1) is 6.40. The standard InChI is InChI=1S/C8H8N4S/c9-5-6-1-2-7(12-11-6)8-10-3-4-13-8/h1-4H,5,9H2. The van der Waals surface area contributed by atoms with Crippen molar-refractivity contribution in [1.29, 1.82) is 0 Å². The molecule has 0 unspecified atom stereocenters. The Bertz CT molecular complexity index is 368. The molecule has 0 fully saturated rings. The zero-order chi connectivity index (χ0) is 9.10. The molecule has 2 heterocycles. The largest absolute Gasteiger partial charge is 0.325 e. The maximum absolute atomic E-state index is 5.40. The van der Waals surface area contributed by atoms with E-state index in [1.54, 1.807) is 17.5 Å². The van der Waals surface area contributed by atoms with E-state index in [4.69, 9.17) is 5.73 Å². The molecule has 0 aliphatic carbocycles. The topological polar surface area (TPSA) is 64.7 Å². The highest BCUT2D eigenvalue weighted by molar-refractivity contribution is 7.13. The lowest BCUT2D eigenvalue weighted by Gasteiger charge is -1.95. The van der Waals surface area contributed by atoms with Crippen LogP contribution in [-0.2, 0) is 6.54 Å². The van der Waals surface area contributed by atoms with Crippen molar-refractivity contribution in [3.05, 3.63) is 29.4 Å². The summed E-state index contributed by atoms with van der Waals surface area (Å²) in [7, 11) is 0. The summed E-state index contributed by atoms with van der Waals surface area (Å²) < 4.78 is 0. The number of thiazole rings is 1. The van der Waals surface area contributed by atoms with Crippen molar-refractivity contribution in [2.24, 2.45) is 5.73 Å². The molecule has 0 saturated carbocycles. The first kappa shape index (κ1) is 8.28. The van der Waals surface area contributed by atoms with Crippen LogP contribution in [0.15, 0.2) is 23.7 Å². The number of rotatable bonds is 2. The molecule has 0 aromatic carbocycles. The second-order valence-electron chi connectivity index (χ2n) is 2.45. The molecule has 66 valence electrons. The van der Waals surface area contributed by atoms with E-state index in [9.17, 15) is 0 Å². The van der Waals surface area contributed by atoms with Crippen molar-refractivity contribution in [3.63, 3.8) is 0 Å². The SMILES string of the molecule is NCc1ccc(-c2nccs2)nn1. The highest BCUT2D eigenvalue weighted by Crippen LogP contribution is 2.17. The van der Waals surface area contributed by atoms with E-state index in [-0.39, 0.29) is 0 Å². The summed E-state index contributed by atoms with van der Waals surface area (Å²) >= 11 is 1.54. The lowest BCUT2D eigenvalue weighted by atomic mass is 10.3. The molecule has 0 aliphatic heterocycles. The van der Waals surface area contributed by atoms with Gasteiger partial charge in [-0.1, -0.05) is 0 Å². The zero-order valence-electron chi connectivity index (χ0n) is 6.84. The van der Waals surface area contributed by atoms with Crippen LogP contribution >= 0.6 is 11.3 Å². The van der Waals surface area contributed by atoms with Crippen molar-refractivity contribution in [2.75, 3.05) is 0 Å². The Morgan fingerprint density at radius 3 is 2.77 bits per heavy atom. The smallest absolute Gasteiger partial charge is 0.143 e. The lowest BCUT2D eigenvalue weighted by molar-refractivity contribution is 0.902. The van der Waals surface area contributed by atoms with Gasteiger partial charge in [0.1, 0.15) is 10.7 Å². The average Bonchev–Trinajstić information content (AvgIpc) is 2.71. The molecule has 0 radical (unpaired) electrons. The monoisotopic (exact) mass is 192 g/mol. The van der Waals surface area contributed by atoms with Crippen LogP contribution in [0.4, 0.5) is 0 Å². The Kier molecular flexibility index (Phi) is 2.29. The third kappa shape index (κ3) is 1.71. The van der Waals surface area contributed by atoms with E-state index < -0.39 is 0 Å². The van der Waals surface area contributed by atoms with E-state index in [0.717, 1.165) is 16.4 Å². The number of hydrogen-bond donors (Lipinski definition) is 1. The normalized spacial score (nSPS) is 10.2. The fourth-order valence-electron chi connectivity index (χ4n) is 0.933. The first-order valence-corrected chi connectivity index (χ1v) is 4.70. The van der Waals surface area contributed by atoms with E-state index in [0.29, 0.717) is 6.54 Å². The number of aromatic nitrogens is 3. The highest BCUT2D eigenvalue weighted by atomic mass is 32.1. The van der Waals surface area contributed by atoms with Gasteiger partial charge in [-0.3, -0.25) is 0 Å². The molecule has 4 nitrogen and oxygen atoms in total. The molecule has 5 heteroatoms. The molecule has 13 heavy (non-hydrogen) atoms. The van der Waals surface area contributed by atoms with Gasteiger partial charge in [0.05, 0.1) is 5.69 Å². The molecule has 0 amide bonds. The highest BCUT2D eigenvalue weighted by Gasteiger charge is 2.01. The van der Waals surface area contributed by atoms with Gasteiger partial charge >= 0.3 is 0 Å². The van der Waals surface area contributed by atoms with Crippen LogP contribution < -0.4 is 5.73 Å². The molecular formula is C8H8N4S. The Morgan fingerprint density at radius 2 is 2.23 bits per heavy atom. The Hall–Kier alpha value is -1.33. The first-order valence-electron chi connectivity index (χ1n) is 3.82. The van der Waals surface area contributed by atoms with Gasteiger partial charge in [-0.25, -0.2) is 4.98 Å². The molecule has 0 atom stereocenters. The molecule has 2 rings (SSSR count). The fraction of sp³-hybridized carbons (Fsp3) is 0.125. The van der Waals surface area contributed by atoms with Crippen LogP contribution in [0.1, 0.15) is 5.69 Å². The molecule has 0 aliphatic rings. The van der Waals surface area contributed by atoms with E-state index in [2.05, 4.69) is 15.2 Å². The third-order valence-electron chi connectivity index (χ3n) is 1.58. The number of nitrogens with zero attached hydrogens (tertiary/aromatic N) is 3. The molecule has 0 spiro atoms. The van der Waals surface area contributed by atoms with Crippen LogP contribution in [0.25, 0.3) is 10.7 Å². The maximum atomic E-state index is 5.40. The second kappa shape index (κ2) is 3.59. The summed E-state index contributed by atoms with van der Waals surface area (Å²) in [6.45, 7) is 0.422. The molecule has 2 N–H and O–H groups in total. The van der Waals surface area contributed by atoms with Crippen molar-refractivity contribution in [2.45, 2.75) is 6.54 Å². The van der Waals surface area contributed by atoms with Crippen molar-refractivity contribution >= 4 is 11.3 Å². The quantitative estimate of drug-likeness (QED) is 0.772. The van der Waals surface area contributed by atoms with Gasteiger partial charge in [0.15, 0.2) is 0 Å². The minimum absolute atomic E-state index is 0.422. The number of hydrogen-bond acceptors (Lipinski definition) is 5. The predicted molar refractivity (Wildman–Crippen MR) is 51.0 cm³/mol. The van der Waals surface area contributed by atoms with Gasteiger partial charge < -0.3 is 5.73 Å². The average molecular weight is 192 g/mol. The predicted octanol–water partition coefficient (Wildman–Crippen LogP) is 1.06. The molecule has 0 saturated heterocycles. The van der Waals surface area contributed by atoms with Gasteiger partial charge in [-0.05, 0) is 12.1 Å². The van der Waals surface area contributed by atoms with E-state index in [1.165, 1.54) is 0 Å². The van der Waals surface area contributed by atoms with Gasteiger partial charge in [0, 0.05) is 18.1 Å². The second-order valence-corrected chi connectivity index (χ2v) is 3.35. The van der Waals surface area contributed by atoms with Crippen molar-refractivity contribution in [3.8, 4) is 10.7 Å². The van der Waals surface area contributed by atoms with Crippen LogP contribution in [0.3, 0.4) is 0 Å². The van der Waals surface area contributed by atoms with Crippen LogP contribution in [0.2, 0.25) is 0 Å². The Labute approximate surface area is 79.5 Å². The van der Waals surface area contributed by atoms with Crippen LogP contribution in [-0.4, -0.2) is 15.2 Å². The molecular weight excluding hydrogens is 184 g/mol. The van der Waals surface area contributed by atoms with Gasteiger partial charge in [0.25, 0.3) is 0 Å². The zero-order valence-corrected chi connectivity index (χ0v) is 7.66. The van der Waals surface area contributed by atoms with Crippen LogP contribution in [0, 0.1) is 0 Å². The minimum Gasteiger partial charge on any atom is -0.325 e. The lowest BCUT2D eigenvalue weighted by Crippen LogP contribution is -2.00. The van der Waals surface area contributed by atoms with Gasteiger partial charge in [0.2, 0.25) is 0 Å².